The maximum Gasteiger partial charge on any atom is -0.00848 e. The van der Waals surface area contributed by atoms with Crippen LogP contribution in [0.4, 0.5) is 0 Å². The number of hydrogen-bond acceptors (Lipinski definition) is 0. The first-order valence-electron chi connectivity index (χ1n) is 4.31. The summed E-state index contributed by atoms with van der Waals surface area (Å²) in [6.07, 6.45) is 0. The van der Waals surface area contributed by atoms with E-state index in [1.54, 1.807) is 0 Å². The van der Waals surface area contributed by atoms with Crippen molar-refractivity contribution < 1.29 is 0 Å². The molecule has 0 saturated heterocycles. The molecule has 0 aliphatic carbocycles. The Balaban J connectivity index is 0. The molecule has 1 rings (SSSR count). The van der Waals surface area contributed by atoms with Crippen LogP contribution in [0.1, 0.15) is 13.8 Å². The summed E-state index contributed by atoms with van der Waals surface area (Å²) in [5, 5.41) is 2.38. The third kappa shape index (κ3) is 5.76. The van der Waals surface area contributed by atoms with Crippen LogP contribution in [-0.2, 0) is 0 Å². The number of hydrogen-bond donors (Lipinski definition) is 0. The van der Waals surface area contributed by atoms with Gasteiger partial charge in [-0.15, -0.1) is 13.2 Å². The SMILES string of the molecule is C=C.C=c1ccccc1=C(C)C.CBr. The Kier molecular flexibility index (Phi) is 11.5. The summed E-state index contributed by atoms with van der Waals surface area (Å²) >= 11 is 2.94. The van der Waals surface area contributed by atoms with Crippen LogP contribution < -0.4 is 10.4 Å². The molecule has 0 atom stereocenters. The Bertz CT molecular complexity index is 334. The van der Waals surface area contributed by atoms with Crippen molar-refractivity contribution in [1.29, 1.82) is 0 Å². The third-order valence-electron chi connectivity index (χ3n) is 1.56. The first kappa shape index (κ1) is 15.6. The monoisotopic (exact) mass is 254 g/mol. The smallest absolute Gasteiger partial charge is 0.00848 e. The highest BCUT2D eigenvalue weighted by atomic mass is 79.9. The Morgan fingerprint density at radius 1 is 1.07 bits per heavy atom. The first-order valence-corrected chi connectivity index (χ1v) is 5.89. The summed E-state index contributed by atoms with van der Waals surface area (Å²) < 4.78 is 0. The molecule has 0 amide bonds. The molecule has 0 aromatic heterocycles. The normalized spacial score (nSPS) is 7.43. The van der Waals surface area contributed by atoms with Crippen LogP contribution in [0.2, 0.25) is 0 Å². The van der Waals surface area contributed by atoms with E-state index in [-0.39, 0.29) is 0 Å². The van der Waals surface area contributed by atoms with Gasteiger partial charge in [0.1, 0.15) is 0 Å². The Labute approximate surface area is 95.8 Å². The molecule has 0 fully saturated rings. The maximum absolute atomic E-state index is 3.92. The predicted octanol–water partition coefficient (Wildman–Crippen LogP) is 3.10. The molecule has 0 N–H and O–H groups in total. The van der Waals surface area contributed by atoms with Gasteiger partial charge in [-0.25, -0.2) is 0 Å². The van der Waals surface area contributed by atoms with Gasteiger partial charge in [-0.05, 0) is 30.1 Å². The molecule has 0 aliphatic rings. The second-order valence-electron chi connectivity index (χ2n) is 2.66. The summed E-state index contributed by atoms with van der Waals surface area (Å²) in [5.74, 6) is 1.81. The van der Waals surface area contributed by atoms with Crippen LogP contribution in [-0.4, -0.2) is 5.83 Å². The van der Waals surface area contributed by atoms with E-state index in [0.717, 1.165) is 5.22 Å². The molecule has 0 saturated carbocycles. The summed E-state index contributed by atoms with van der Waals surface area (Å²) in [6, 6.07) is 8.17. The van der Waals surface area contributed by atoms with Gasteiger partial charge in [-0.2, -0.15) is 0 Å². The van der Waals surface area contributed by atoms with E-state index in [1.807, 2.05) is 24.0 Å². The van der Waals surface area contributed by atoms with Crippen LogP contribution >= 0.6 is 15.9 Å². The van der Waals surface area contributed by atoms with Crippen molar-refractivity contribution in [3.8, 4) is 0 Å². The topological polar surface area (TPSA) is 0 Å². The Morgan fingerprint density at radius 3 is 1.79 bits per heavy atom. The van der Waals surface area contributed by atoms with Crippen molar-refractivity contribution >= 4 is 28.1 Å². The Hall–Kier alpha value is -0.820. The fourth-order valence-electron chi connectivity index (χ4n) is 1.01. The molecule has 1 aromatic rings. The number of halogens is 1. The summed E-state index contributed by atoms with van der Waals surface area (Å²) in [4.78, 5) is 0. The van der Waals surface area contributed by atoms with Gasteiger partial charge in [-0.3, -0.25) is 0 Å². The van der Waals surface area contributed by atoms with Crippen molar-refractivity contribution in [3.63, 3.8) is 0 Å². The minimum atomic E-state index is 1.11. The van der Waals surface area contributed by atoms with Gasteiger partial charge in [0.15, 0.2) is 0 Å². The first-order chi connectivity index (χ1) is 6.72. The van der Waals surface area contributed by atoms with Gasteiger partial charge in [0.2, 0.25) is 0 Å². The molecule has 1 aromatic carbocycles. The minimum Gasteiger partial charge on any atom is -0.106 e. The predicted molar refractivity (Wildman–Crippen MR) is 72.1 cm³/mol. The fourth-order valence-corrected chi connectivity index (χ4v) is 1.01. The van der Waals surface area contributed by atoms with Gasteiger partial charge >= 0.3 is 0 Å². The largest absolute Gasteiger partial charge is 0.106 e. The summed E-state index contributed by atoms with van der Waals surface area (Å²) in [6.45, 7) is 14.1. The highest BCUT2D eigenvalue weighted by molar-refractivity contribution is 9.08. The molecule has 14 heavy (non-hydrogen) atoms. The van der Waals surface area contributed by atoms with Crippen LogP contribution in [0, 0.1) is 0 Å². The van der Waals surface area contributed by atoms with E-state index in [2.05, 4.69) is 55.6 Å². The lowest BCUT2D eigenvalue weighted by Crippen LogP contribution is -2.23. The number of benzene rings is 1. The van der Waals surface area contributed by atoms with Crippen molar-refractivity contribution in [3.05, 3.63) is 47.9 Å². The molecular weight excluding hydrogens is 236 g/mol. The molecule has 0 unspecified atom stereocenters. The summed E-state index contributed by atoms with van der Waals surface area (Å²) in [7, 11) is 0. The van der Waals surface area contributed by atoms with Gasteiger partial charge in [0.25, 0.3) is 0 Å². The van der Waals surface area contributed by atoms with Crippen LogP contribution in [0.15, 0.2) is 37.4 Å². The van der Waals surface area contributed by atoms with E-state index in [4.69, 9.17) is 0 Å². The number of alkyl halides is 1. The van der Waals surface area contributed by atoms with Crippen LogP contribution in [0.5, 0.6) is 0 Å². The maximum atomic E-state index is 3.92. The average molecular weight is 255 g/mol. The molecule has 0 radical (unpaired) electrons. The van der Waals surface area contributed by atoms with Gasteiger partial charge in [-0.1, -0.05) is 52.3 Å². The van der Waals surface area contributed by atoms with E-state index < -0.39 is 0 Å². The lowest BCUT2D eigenvalue weighted by molar-refractivity contribution is 1.44. The lowest BCUT2D eigenvalue weighted by atomic mass is 10.2. The summed E-state index contributed by atoms with van der Waals surface area (Å²) in [5.41, 5.74) is 1.32. The zero-order valence-electron chi connectivity index (χ0n) is 9.31. The van der Waals surface area contributed by atoms with Crippen LogP contribution in [0.25, 0.3) is 12.2 Å². The fraction of sp³-hybridized carbons (Fsp3) is 0.231. The van der Waals surface area contributed by atoms with Crippen molar-refractivity contribution in [2.75, 3.05) is 5.83 Å². The van der Waals surface area contributed by atoms with Gasteiger partial charge in [0, 0.05) is 0 Å². The van der Waals surface area contributed by atoms with Gasteiger partial charge in [0.05, 0.1) is 0 Å². The second-order valence-corrected chi connectivity index (χ2v) is 2.66. The van der Waals surface area contributed by atoms with E-state index in [0.29, 0.717) is 0 Å². The van der Waals surface area contributed by atoms with E-state index in [1.165, 1.54) is 10.8 Å². The molecular formula is C13H19Br. The standard InChI is InChI=1S/C10H12.C2H4.CH3Br/c1-8(2)10-7-5-4-6-9(10)3;2*1-2/h4-7H,3H2,1-2H3;1-2H2;1H3. The lowest BCUT2D eigenvalue weighted by Gasteiger charge is -1.89. The zero-order chi connectivity index (χ0) is 11.6. The van der Waals surface area contributed by atoms with Gasteiger partial charge < -0.3 is 0 Å². The number of rotatable bonds is 0. The highest BCUT2D eigenvalue weighted by Crippen LogP contribution is 1.82. The molecule has 0 spiro atoms. The molecule has 0 nitrogen and oxygen atoms in total. The average Bonchev–Trinajstić information content (AvgIpc) is 2.24. The highest BCUT2D eigenvalue weighted by Gasteiger charge is 1.81. The molecule has 0 heterocycles. The van der Waals surface area contributed by atoms with Crippen molar-refractivity contribution in [2.45, 2.75) is 13.8 Å². The molecule has 1 heteroatoms. The van der Waals surface area contributed by atoms with E-state index in [9.17, 15) is 0 Å². The van der Waals surface area contributed by atoms with Crippen molar-refractivity contribution in [2.24, 2.45) is 0 Å². The van der Waals surface area contributed by atoms with Crippen LogP contribution in [0.3, 0.4) is 0 Å². The molecule has 0 bridgehead atoms. The molecule has 0 aliphatic heterocycles. The van der Waals surface area contributed by atoms with E-state index >= 15 is 0 Å². The quantitative estimate of drug-likeness (QED) is 0.493. The Morgan fingerprint density at radius 2 is 1.50 bits per heavy atom. The van der Waals surface area contributed by atoms with Crippen molar-refractivity contribution in [1.82, 2.24) is 0 Å². The zero-order valence-corrected chi connectivity index (χ0v) is 10.9. The minimum absolute atomic E-state index is 1.11. The second kappa shape index (κ2) is 10.3. The molecule has 78 valence electrons. The third-order valence-corrected chi connectivity index (χ3v) is 1.56.